The number of nitrogens with zero attached hydrogens (tertiary/aromatic N) is 1. The molecular formula is C13H9ClFNO2. The summed E-state index contributed by atoms with van der Waals surface area (Å²) in [4.78, 5) is 16.0. The predicted molar refractivity (Wildman–Crippen MR) is 65.6 cm³/mol. The molecular weight excluding hydrogens is 257 g/mol. The zero-order valence-electron chi connectivity index (χ0n) is 9.48. The SMILES string of the molecule is COc1cncc(C(=O)c2ccc(F)cc2Cl)c1. The zero-order chi connectivity index (χ0) is 13.1. The number of benzene rings is 1. The molecule has 0 saturated heterocycles. The largest absolute Gasteiger partial charge is 0.495 e. The van der Waals surface area contributed by atoms with Gasteiger partial charge in [0.05, 0.1) is 18.3 Å². The van der Waals surface area contributed by atoms with Gasteiger partial charge in [-0.15, -0.1) is 0 Å². The Morgan fingerprint density at radius 2 is 2.11 bits per heavy atom. The molecule has 1 heterocycles. The minimum absolute atomic E-state index is 0.0721. The van der Waals surface area contributed by atoms with Crippen LogP contribution in [0.5, 0.6) is 5.75 Å². The molecule has 0 bridgehead atoms. The first-order valence-electron chi connectivity index (χ1n) is 5.10. The van der Waals surface area contributed by atoms with Crippen molar-refractivity contribution in [2.24, 2.45) is 0 Å². The van der Waals surface area contributed by atoms with Crippen molar-refractivity contribution >= 4 is 17.4 Å². The summed E-state index contributed by atoms with van der Waals surface area (Å²) in [7, 11) is 1.48. The highest BCUT2D eigenvalue weighted by atomic mass is 35.5. The van der Waals surface area contributed by atoms with Crippen molar-refractivity contribution in [3.05, 3.63) is 58.6 Å². The highest BCUT2D eigenvalue weighted by molar-refractivity contribution is 6.35. The molecule has 0 radical (unpaired) electrons. The second kappa shape index (κ2) is 5.14. The molecule has 1 aromatic heterocycles. The molecule has 0 N–H and O–H groups in total. The van der Waals surface area contributed by atoms with Gasteiger partial charge in [0, 0.05) is 17.3 Å². The van der Waals surface area contributed by atoms with Crippen LogP contribution in [-0.2, 0) is 0 Å². The van der Waals surface area contributed by atoms with Crippen molar-refractivity contribution in [3.63, 3.8) is 0 Å². The number of pyridine rings is 1. The molecule has 0 fully saturated rings. The summed E-state index contributed by atoms with van der Waals surface area (Å²) >= 11 is 5.84. The lowest BCUT2D eigenvalue weighted by Gasteiger charge is -2.05. The van der Waals surface area contributed by atoms with E-state index in [0.717, 1.165) is 6.07 Å². The Hall–Kier alpha value is -1.94. The molecule has 18 heavy (non-hydrogen) atoms. The van der Waals surface area contributed by atoms with Crippen LogP contribution in [0.3, 0.4) is 0 Å². The van der Waals surface area contributed by atoms with Gasteiger partial charge in [-0.25, -0.2) is 4.39 Å². The Morgan fingerprint density at radius 3 is 2.78 bits per heavy atom. The van der Waals surface area contributed by atoms with Crippen LogP contribution in [0.15, 0.2) is 36.7 Å². The maximum atomic E-state index is 12.9. The molecule has 0 aliphatic carbocycles. The number of aromatic nitrogens is 1. The van der Waals surface area contributed by atoms with E-state index in [0.29, 0.717) is 11.3 Å². The summed E-state index contributed by atoms with van der Waals surface area (Å²) < 4.78 is 17.9. The van der Waals surface area contributed by atoms with Crippen molar-refractivity contribution in [2.45, 2.75) is 0 Å². The van der Waals surface area contributed by atoms with Crippen LogP contribution in [0.25, 0.3) is 0 Å². The Labute approximate surface area is 108 Å². The number of carbonyl (C=O) groups excluding carboxylic acids is 1. The molecule has 0 spiro atoms. The van der Waals surface area contributed by atoms with E-state index in [-0.39, 0.29) is 16.4 Å². The number of hydrogen-bond acceptors (Lipinski definition) is 3. The minimum Gasteiger partial charge on any atom is -0.495 e. The molecule has 0 unspecified atom stereocenters. The van der Waals surface area contributed by atoms with Crippen LogP contribution in [0.1, 0.15) is 15.9 Å². The molecule has 0 atom stereocenters. The Kier molecular flexibility index (Phi) is 3.58. The lowest BCUT2D eigenvalue weighted by Crippen LogP contribution is -2.03. The third kappa shape index (κ3) is 2.49. The lowest BCUT2D eigenvalue weighted by molar-refractivity contribution is 0.103. The van der Waals surface area contributed by atoms with Crippen LogP contribution in [0.2, 0.25) is 5.02 Å². The summed E-state index contributed by atoms with van der Waals surface area (Å²) in [5.74, 6) is -0.342. The Balaban J connectivity index is 2.41. The lowest BCUT2D eigenvalue weighted by atomic mass is 10.0. The summed E-state index contributed by atoms with van der Waals surface area (Å²) in [5.41, 5.74) is 0.566. The normalized spacial score (nSPS) is 10.2. The van der Waals surface area contributed by atoms with Crippen molar-refractivity contribution in [1.29, 1.82) is 0 Å². The van der Waals surface area contributed by atoms with Crippen LogP contribution in [-0.4, -0.2) is 17.9 Å². The monoisotopic (exact) mass is 265 g/mol. The van der Waals surface area contributed by atoms with Crippen molar-refractivity contribution in [1.82, 2.24) is 4.98 Å². The standard InChI is InChI=1S/C13H9ClFNO2/c1-18-10-4-8(6-16-7-10)13(17)11-3-2-9(15)5-12(11)14/h2-7H,1H3. The maximum Gasteiger partial charge on any atom is 0.196 e. The number of ketones is 1. The molecule has 0 aliphatic rings. The van der Waals surface area contributed by atoms with Crippen molar-refractivity contribution in [3.8, 4) is 5.75 Å². The number of carbonyl (C=O) groups is 1. The van der Waals surface area contributed by atoms with Gasteiger partial charge in [-0.2, -0.15) is 0 Å². The van der Waals surface area contributed by atoms with E-state index in [4.69, 9.17) is 16.3 Å². The second-order valence-corrected chi connectivity index (χ2v) is 3.97. The summed E-state index contributed by atoms with van der Waals surface area (Å²) in [6, 6.07) is 5.18. The Bertz CT molecular complexity index is 601. The average Bonchev–Trinajstić information content (AvgIpc) is 2.38. The van der Waals surface area contributed by atoms with Crippen LogP contribution in [0, 0.1) is 5.82 Å². The van der Waals surface area contributed by atoms with E-state index in [1.165, 1.54) is 31.6 Å². The molecule has 2 rings (SSSR count). The van der Waals surface area contributed by atoms with Gasteiger partial charge in [-0.3, -0.25) is 9.78 Å². The second-order valence-electron chi connectivity index (χ2n) is 3.57. The van der Waals surface area contributed by atoms with Gasteiger partial charge in [0.25, 0.3) is 0 Å². The number of rotatable bonds is 3. The summed E-state index contributed by atoms with van der Waals surface area (Å²) in [5, 5.41) is 0.0721. The fraction of sp³-hybridized carbons (Fsp3) is 0.0769. The van der Waals surface area contributed by atoms with Crippen LogP contribution in [0.4, 0.5) is 4.39 Å². The highest BCUT2D eigenvalue weighted by Crippen LogP contribution is 2.21. The van der Waals surface area contributed by atoms with Gasteiger partial charge >= 0.3 is 0 Å². The van der Waals surface area contributed by atoms with Crippen LogP contribution >= 0.6 is 11.6 Å². The van der Waals surface area contributed by atoms with E-state index in [1.807, 2.05) is 0 Å². The van der Waals surface area contributed by atoms with E-state index >= 15 is 0 Å². The molecule has 3 nitrogen and oxygen atoms in total. The topological polar surface area (TPSA) is 39.2 Å². The predicted octanol–water partition coefficient (Wildman–Crippen LogP) is 3.11. The first kappa shape index (κ1) is 12.5. The summed E-state index contributed by atoms with van der Waals surface area (Å²) in [6.45, 7) is 0. The number of ether oxygens (including phenoxy) is 1. The van der Waals surface area contributed by atoms with E-state index in [2.05, 4.69) is 4.98 Å². The van der Waals surface area contributed by atoms with E-state index in [1.54, 1.807) is 6.07 Å². The molecule has 1 aromatic carbocycles. The smallest absolute Gasteiger partial charge is 0.196 e. The van der Waals surface area contributed by atoms with Crippen LogP contribution < -0.4 is 4.74 Å². The fourth-order valence-electron chi connectivity index (χ4n) is 1.48. The Morgan fingerprint density at radius 1 is 1.33 bits per heavy atom. The number of hydrogen-bond donors (Lipinski definition) is 0. The van der Waals surface area contributed by atoms with E-state index < -0.39 is 5.82 Å². The fourth-order valence-corrected chi connectivity index (χ4v) is 1.74. The number of methoxy groups -OCH3 is 1. The molecule has 5 heteroatoms. The van der Waals surface area contributed by atoms with Gasteiger partial charge < -0.3 is 4.74 Å². The van der Waals surface area contributed by atoms with Gasteiger partial charge in [-0.1, -0.05) is 11.6 Å². The highest BCUT2D eigenvalue weighted by Gasteiger charge is 2.14. The van der Waals surface area contributed by atoms with Crippen molar-refractivity contribution < 1.29 is 13.9 Å². The van der Waals surface area contributed by atoms with Gasteiger partial charge in [0.15, 0.2) is 5.78 Å². The molecule has 0 amide bonds. The minimum atomic E-state index is -0.486. The molecule has 0 aliphatic heterocycles. The average molecular weight is 266 g/mol. The zero-order valence-corrected chi connectivity index (χ0v) is 10.2. The van der Waals surface area contributed by atoms with Crippen molar-refractivity contribution in [2.75, 3.05) is 7.11 Å². The first-order valence-corrected chi connectivity index (χ1v) is 5.48. The first-order chi connectivity index (χ1) is 8.61. The quantitative estimate of drug-likeness (QED) is 0.801. The molecule has 2 aromatic rings. The van der Waals surface area contributed by atoms with Gasteiger partial charge in [-0.05, 0) is 24.3 Å². The maximum absolute atomic E-state index is 12.9. The summed E-state index contributed by atoms with van der Waals surface area (Å²) in [6.07, 6.45) is 2.90. The number of halogens is 2. The third-order valence-electron chi connectivity index (χ3n) is 2.39. The van der Waals surface area contributed by atoms with Gasteiger partial charge in [0.1, 0.15) is 11.6 Å². The van der Waals surface area contributed by atoms with Gasteiger partial charge in [0.2, 0.25) is 0 Å². The van der Waals surface area contributed by atoms with E-state index in [9.17, 15) is 9.18 Å². The third-order valence-corrected chi connectivity index (χ3v) is 2.70. The molecule has 92 valence electrons. The molecule has 0 saturated carbocycles.